The van der Waals surface area contributed by atoms with Gasteiger partial charge in [0, 0.05) is 23.7 Å². The number of amides is 1. The van der Waals surface area contributed by atoms with Crippen molar-refractivity contribution in [1.82, 2.24) is 15.1 Å². The van der Waals surface area contributed by atoms with Crippen molar-refractivity contribution in [3.63, 3.8) is 0 Å². The maximum absolute atomic E-state index is 13.0. The highest BCUT2D eigenvalue weighted by atomic mass is 35.5. The molecule has 1 amide bonds. The van der Waals surface area contributed by atoms with Gasteiger partial charge in [-0.2, -0.15) is 5.10 Å². The number of aromatic amines is 1. The zero-order valence-corrected chi connectivity index (χ0v) is 14.9. The second kappa shape index (κ2) is 7.18. The molecule has 2 heterocycles. The number of rotatable bonds is 3. The lowest BCUT2D eigenvalue weighted by molar-refractivity contribution is 0.0773. The number of benzene rings is 2. The molecule has 3 aromatic rings. The molecule has 1 aromatic heterocycles. The van der Waals surface area contributed by atoms with Gasteiger partial charge in [0.05, 0.1) is 17.5 Å². The number of H-pyrrole nitrogens is 1. The van der Waals surface area contributed by atoms with Gasteiger partial charge in [0.15, 0.2) is 0 Å². The van der Waals surface area contributed by atoms with Crippen LogP contribution < -0.4 is 0 Å². The summed E-state index contributed by atoms with van der Waals surface area (Å²) in [5.41, 5.74) is 4.73. The van der Waals surface area contributed by atoms with Gasteiger partial charge in [-0.25, -0.2) is 0 Å². The van der Waals surface area contributed by atoms with E-state index in [-0.39, 0.29) is 5.91 Å². The normalized spacial score (nSPS) is 14.2. The molecule has 0 atom stereocenters. The molecule has 0 spiro atoms. The average molecular weight is 364 g/mol. The minimum Gasteiger partial charge on any atom is -0.334 e. The molecule has 1 aliphatic heterocycles. The molecule has 26 heavy (non-hydrogen) atoms. The Morgan fingerprint density at radius 1 is 1.04 bits per heavy atom. The lowest BCUT2D eigenvalue weighted by Gasteiger charge is -2.26. The summed E-state index contributed by atoms with van der Waals surface area (Å²) in [7, 11) is 0. The molecule has 0 saturated carbocycles. The average Bonchev–Trinajstić information content (AvgIpc) is 3.19. The third-order valence-corrected chi connectivity index (χ3v) is 4.90. The highest BCUT2D eigenvalue weighted by molar-refractivity contribution is 6.30. The maximum Gasteiger partial charge on any atom is 0.257 e. The van der Waals surface area contributed by atoms with Crippen LogP contribution in [0.15, 0.2) is 66.9 Å². The SMILES string of the molecule is O=C(c1cn[nH]c1-c1ccc(Cl)cc1)N1CC=C(c2ccccc2)CC1. The minimum absolute atomic E-state index is 0.00735. The highest BCUT2D eigenvalue weighted by Crippen LogP contribution is 2.26. The molecule has 0 saturated heterocycles. The Kier molecular flexibility index (Phi) is 4.59. The quantitative estimate of drug-likeness (QED) is 0.735. The summed E-state index contributed by atoms with van der Waals surface area (Å²) >= 11 is 5.95. The Morgan fingerprint density at radius 3 is 2.50 bits per heavy atom. The monoisotopic (exact) mass is 363 g/mol. The number of carbonyl (C=O) groups is 1. The van der Waals surface area contributed by atoms with Crippen LogP contribution in [0.2, 0.25) is 5.02 Å². The van der Waals surface area contributed by atoms with E-state index in [4.69, 9.17) is 11.6 Å². The predicted molar refractivity (Wildman–Crippen MR) is 104 cm³/mol. The van der Waals surface area contributed by atoms with E-state index in [1.54, 1.807) is 6.20 Å². The fourth-order valence-electron chi connectivity index (χ4n) is 3.22. The van der Waals surface area contributed by atoms with Gasteiger partial charge < -0.3 is 4.90 Å². The largest absolute Gasteiger partial charge is 0.334 e. The van der Waals surface area contributed by atoms with Crippen molar-refractivity contribution < 1.29 is 4.79 Å². The third kappa shape index (κ3) is 3.28. The molecular weight excluding hydrogens is 346 g/mol. The van der Waals surface area contributed by atoms with Crippen molar-refractivity contribution >= 4 is 23.1 Å². The van der Waals surface area contributed by atoms with Crippen molar-refractivity contribution in [2.45, 2.75) is 6.42 Å². The number of carbonyl (C=O) groups excluding carboxylic acids is 1. The zero-order valence-electron chi connectivity index (χ0n) is 14.2. The number of halogens is 1. The fourth-order valence-corrected chi connectivity index (χ4v) is 3.35. The Hall–Kier alpha value is -2.85. The van der Waals surface area contributed by atoms with Gasteiger partial charge in [0.1, 0.15) is 0 Å². The molecule has 1 N–H and O–H groups in total. The predicted octanol–water partition coefficient (Wildman–Crippen LogP) is 4.66. The molecule has 1 aliphatic rings. The molecule has 4 nitrogen and oxygen atoms in total. The molecule has 0 radical (unpaired) electrons. The summed E-state index contributed by atoms with van der Waals surface area (Å²) in [4.78, 5) is 14.8. The summed E-state index contributed by atoms with van der Waals surface area (Å²) in [5.74, 6) is -0.00735. The van der Waals surface area contributed by atoms with E-state index in [1.165, 1.54) is 11.1 Å². The Bertz CT molecular complexity index is 945. The van der Waals surface area contributed by atoms with Crippen LogP contribution in [0.4, 0.5) is 0 Å². The topological polar surface area (TPSA) is 49.0 Å². The number of nitrogens with zero attached hydrogens (tertiary/aromatic N) is 2. The summed E-state index contributed by atoms with van der Waals surface area (Å²) in [5, 5.41) is 7.68. The lowest BCUT2D eigenvalue weighted by atomic mass is 9.99. The van der Waals surface area contributed by atoms with E-state index in [9.17, 15) is 4.79 Å². The molecule has 4 rings (SSSR count). The Morgan fingerprint density at radius 2 is 1.81 bits per heavy atom. The fraction of sp³-hybridized carbons (Fsp3) is 0.143. The zero-order chi connectivity index (χ0) is 17.9. The van der Waals surface area contributed by atoms with Crippen molar-refractivity contribution in [2.24, 2.45) is 0 Å². The summed E-state index contributed by atoms with van der Waals surface area (Å²) in [6.07, 6.45) is 4.59. The van der Waals surface area contributed by atoms with Crippen LogP contribution in [-0.2, 0) is 0 Å². The van der Waals surface area contributed by atoms with E-state index in [1.807, 2.05) is 47.4 Å². The van der Waals surface area contributed by atoms with E-state index < -0.39 is 0 Å². The van der Waals surface area contributed by atoms with Gasteiger partial charge in [-0.15, -0.1) is 0 Å². The van der Waals surface area contributed by atoms with E-state index in [0.717, 1.165) is 17.7 Å². The first-order valence-electron chi connectivity index (χ1n) is 8.55. The molecule has 2 aromatic carbocycles. The van der Waals surface area contributed by atoms with Crippen molar-refractivity contribution in [1.29, 1.82) is 0 Å². The van der Waals surface area contributed by atoms with Crippen molar-refractivity contribution in [3.8, 4) is 11.3 Å². The lowest BCUT2D eigenvalue weighted by Crippen LogP contribution is -2.34. The molecule has 0 fully saturated rings. The smallest absolute Gasteiger partial charge is 0.257 e. The van der Waals surface area contributed by atoms with Crippen molar-refractivity contribution in [2.75, 3.05) is 13.1 Å². The maximum atomic E-state index is 13.0. The first kappa shape index (κ1) is 16.6. The Labute approximate surface area is 157 Å². The van der Waals surface area contributed by atoms with Gasteiger partial charge in [0.2, 0.25) is 0 Å². The van der Waals surface area contributed by atoms with Gasteiger partial charge in [0.25, 0.3) is 5.91 Å². The Balaban J connectivity index is 1.54. The molecule has 130 valence electrons. The summed E-state index contributed by atoms with van der Waals surface area (Å²) < 4.78 is 0. The number of hydrogen-bond acceptors (Lipinski definition) is 2. The van der Waals surface area contributed by atoms with Crippen LogP contribution in [0.25, 0.3) is 16.8 Å². The standard InChI is InChI=1S/C21H18ClN3O/c22-18-8-6-17(7-9-18)20-19(14-23-24-20)21(26)25-12-10-16(11-13-25)15-4-2-1-3-5-15/h1-10,14H,11-13H2,(H,23,24). The van der Waals surface area contributed by atoms with Crippen LogP contribution in [0.1, 0.15) is 22.3 Å². The van der Waals surface area contributed by atoms with Crippen LogP contribution >= 0.6 is 11.6 Å². The molecule has 0 unspecified atom stereocenters. The van der Waals surface area contributed by atoms with E-state index >= 15 is 0 Å². The van der Waals surface area contributed by atoms with Gasteiger partial charge >= 0.3 is 0 Å². The number of nitrogens with one attached hydrogen (secondary N) is 1. The first-order chi connectivity index (χ1) is 12.7. The second-order valence-electron chi connectivity index (χ2n) is 6.26. The van der Waals surface area contributed by atoms with Gasteiger partial charge in [-0.05, 0) is 29.7 Å². The van der Waals surface area contributed by atoms with Gasteiger partial charge in [-0.1, -0.05) is 60.1 Å². The number of hydrogen-bond donors (Lipinski definition) is 1. The molecule has 0 bridgehead atoms. The van der Waals surface area contributed by atoms with Gasteiger partial charge in [-0.3, -0.25) is 9.89 Å². The minimum atomic E-state index is -0.00735. The molecular formula is C21H18ClN3O. The molecule has 0 aliphatic carbocycles. The van der Waals surface area contributed by atoms with Crippen LogP contribution in [0, 0.1) is 0 Å². The van der Waals surface area contributed by atoms with Crippen LogP contribution in [0.5, 0.6) is 0 Å². The number of aromatic nitrogens is 2. The highest BCUT2D eigenvalue weighted by Gasteiger charge is 2.23. The third-order valence-electron chi connectivity index (χ3n) is 4.64. The second-order valence-corrected chi connectivity index (χ2v) is 6.70. The van der Waals surface area contributed by atoms with E-state index in [0.29, 0.717) is 23.7 Å². The summed E-state index contributed by atoms with van der Waals surface area (Å²) in [6.45, 7) is 1.30. The van der Waals surface area contributed by atoms with Crippen molar-refractivity contribution in [3.05, 3.63) is 83.0 Å². The molecule has 5 heteroatoms. The summed E-state index contributed by atoms with van der Waals surface area (Å²) in [6, 6.07) is 17.7. The van der Waals surface area contributed by atoms with E-state index in [2.05, 4.69) is 28.4 Å². The van der Waals surface area contributed by atoms with Crippen LogP contribution in [0.3, 0.4) is 0 Å². The van der Waals surface area contributed by atoms with Crippen LogP contribution in [-0.4, -0.2) is 34.1 Å². The first-order valence-corrected chi connectivity index (χ1v) is 8.93.